The summed E-state index contributed by atoms with van der Waals surface area (Å²) in [5.74, 6) is 0.681. The fraction of sp³-hybridized carbons (Fsp3) is 0.867. The molecule has 0 N–H and O–H groups in total. The van der Waals surface area contributed by atoms with Crippen LogP contribution in [0.1, 0.15) is 57.8 Å². The van der Waals surface area contributed by atoms with E-state index in [4.69, 9.17) is 0 Å². The molecule has 0 radical (unpaired) electrons. The van der Waals surface area contributed by atoms with Gasteiger partial charge in [-0.05, 0) is 25.7 Å². The molecule has 0 bridgehead atoms. The van der Waals surface area contributed by atoms with Crippen LogP contribution < -0.4 is 0 Å². The number of carbonyl (C=O) groups is 2. The van der Waals surface area contributed by atoms with E-state index < -0.39 is 0 Å². The van der Waals surface area contributed by atoms with Crippen molar-refractivity contribution in [3.8, 4) is 0 Å². The van der Waals surface area contributed by atoms with Crippen LogP contribution >= 0.6 is 0 Å². The monoisotopic (exact) mass is 266 g/mol. The molecule has 0 unspecified atom stereocenters. The minimum Gasteiger partial charge on any atom is -0.343 e. The molecule has 0 atom stereocenters. The largest absolute Gasteiger partial charge is 0.343 e. The van der Waals surface area contributed by atoms with E-state index in [0.29, 0.717) is 11.8 Å². The van der Waals surface area contributed by atoms with Gasteiger partial charge in [0.15, 0.2) is 0 Å². The Morgan fingerprint density at radius 1 is 0.684 bits per heavy atom. The molecule has 2 aliphatic heterocycles. The molecule has 0 saturated carbocycles. The zero-order valence-corrected chi connectivity index (χ0v) is 11.9. The Morgan fingerprint density at radius 3 is 1.47 bits per heavy atom. The van der Waals surface area contributed by atoms with Crippen molar-refractivity contribution in [3.05, 3.63) is 0 Å². The lowest BCUT2D eigenvalue weighted by molar-refractivity contribution is -0.128. The maximum Gasteiger partial charge on any atom is 0.222 e. The van der Waals surface area contributed by atoms with Crippen molar-refractivity contribution >= 4 is 11.8 Å². The third-order valence-corrected chi connectivity index (χ3v) is 4.20. The standard InChI is InChI=1S/C15H26N2O2/c18-14-8-6-12-16(14)10-4-2-1-3-5-11-17-13-7-9-15(17)19/h1-13H2. The fourth-order valence-electron chi connectivity index (χ4n) is 3.02. The summed E-state index contributed by atoms with van der Waals surface area (Å²) in [4.78, 5) is 26.8. The number of likely N-dealkylation sites (tertiary alicyclic amines) is 2. The van der Waals surface area contributed by atoms with Crippen molar-refractivity contribution in [2.75, 3.05) is 26.2 Å². The smallest absolute Gasteiger partial charge is 0.222 e. The molecule has 0 spiro atoms. The summed E-state index contributed by atoms with van der Waals surface area (Å²) >= 11 is 0. The molecule has 0 aromatic rings. The average Bonchev–Trinajstić information content (AvgIpc) is 2.98. The lowest BCUT2D eigenvalue weighted by Crippen LogP contribution is -2.26. The number of carbonyl (C=O) groups excluding carboxylic acids is 2. The van der Waals surface area contributed by atoms with Crippen LogP contribution in [0.2, 0.25) is 0 Å². The summed E-state index contributed by atoms with van der Waals surface area (Å²) in [6.07, 6.45) is 9.50. The summed E-state index contributed by atoms with van der Waals surface area (Å²) < 4.78 is 0. The Labute approximate surface area is 116 Å². The second-order valence-electron chi connectivity index (χ2n) is 5.74. The first-order chi connectivity index (χ1) is 9.27. The predicted molar refractivity (Wildman–Crippen MR) is 74.7 cm³/mol. The molecular formula is C15H26N2O2. The maximum atomic E-state index is 11.4. The average molecular weight is 266 g/mol. The van der Waals surface area contributed by atoms with Gasteiger partial charge in [0.05, 0.1) is 0 Å². The van der Waals surface area contributed by atoms with E-state index in [0.717, 1.165) is 64.7 Å². The highest BCUT2D eigenvalue weighted by Crippen LogP contribution is 2.13. The lowest BCUT2D eigenvalue weighted by Gasteiger charge is -2.16. The predicted octanol–water partition coefficient (Wildman–Crippen LogP) is 2.18. The van der Waals surface area contributed by atoms with Gasteiger partial charge in [0.2, 0.25) is 11.8 Å². The molecule has 0 aliphatic carbocycles. The molecule has 0 aromatic carbocycles. The van der Waals surface area contributed by atoms with Crippen LogP contribution in [0.15, 0.2) is 0 Å². The van der Waals surface area contributed by atoms with Crippen LogP contribution in [-0.2, 0) is 9.59 Å². The molecule has 2 heterocycles. The van der Waals surface area contributed by atoms with Gasteiger partial charge < -0.3 is 9.80 Å². The molecule has 2 saturated heterocycles. The van der Waals surface area contributed by atoms with Crippen LogP contribution in [0, 0.1) is 0 Å². The first-order valence-corrected chi connectivity index (χ1v) is 7.83. The molecule has 19 heavy (non-hydrogen) atoms. The molecule has 2 rings (SSSR count). The van der Waals surface area contributed by atoms with Gasteiger partial charge in [-0.1, -0.05) is 19.3 Å². The minimum absolute atomic E-state index is 0.340. The first kappa shape index (κ1) is 14.4. The Kier molecular flexibility index (Phi) is 5.67. The third-order valence-electron chi connectivity index (χ3n) is 4.20. The molecular weight excluding hydrogens is 240 g/mol. The molecule has 2 fully saturated rings. The number of rotatable bonds is 8. The van der Waals surface area contributed by atoms with Crippen LogP contribution in [0.5, 0.6) is 0 Å². The van der Waals surface area contributed by atoms with Crippen molar-refractivity contribution in [2.45, 2.75) is 57.8 Å². The maximum absolute atomic E-state index is 11.4. The van der Waals surface area contributed by atoms with Gasteiger partial charge in [-0.3, -0.25) is 9.59 Å². The SMILES string of the molecule is O=C1CCCN1CCCCCCCN1CCCC1=O. The van der Waals surface area contributed by atoms with Crippen molar-refractivity contribution in [3.63, 3.8) is 0 Å². The van der Waals surface area contributed by atoms with E-state index in [1.807, 2.05) is 9.80 Å². The molecule has 2 amide bonds. The first-order valence-electron chi connectivity index (χ1n) is 7.83. The molecule has 2 aliphatic rings. The van der Waals surface area contributed by atoms with Gasteiger partial charge in [0.1, 0.15) is 0 Å². The van der Waals surface area contributed by atoms with Crippen LogP contribution in [0.3, 0.4) is 0 Å². The van der Waals surface area contributed by atoms with E-state index in [1.165, 1.54) is 19.3 Å². The quantitative estimate of drug-likeness (QED) is 0.632. The normalized spacial score (nSPS) is 19.8. The summed E-state index contributed by atoms with van der Waals surface area (Å²) in [6.45, 7) is 3.83. The topological polar surface area (TPSA) is 40.6 Å². The number of amides is 2. The molecule has 4 heteroatoms. The molecule has 0 aromatic heterocycles. The van der Waals surface area contributed by atoms with Gasteiger partial charge in [-0.2, -0.15) is 0 Å². The Morgan fingerprint density at radius 2 is 1.11 bits per heavy atom. The van der Waals surface area contributed by atoms with Crippen LogP contribution in [0.25, 0.3) is 0 Å². The van der Waals surface area contributed by atoms with E-state index in [-0.39, 0.29) is 0 Å². The van der Waals surface area contributed by atoms with E-state index in [1.54, 1.807) is 0 Å². The molecule has 4 nitrogen and oxygen atoms in total. The van der Waals surface area contributed by atoms with Gasteiger partial charge in [0.25, 0.3) is 0 Å². The Bertz CT molecular complexity index is 287. The number of hydrogen-bond donors (Lipinski definition) is 0. The zero-order chi connectivity index (χ0) is 13.5. The lowest BCUT2D eigenvalue weighted by atomic mass is 10.1. The Hall–Kier alpha value is -1.06. The van der Waals surface area contributed by atoms with Crippen molar-refractivity contribution in [2.24, 2.45) is 0 Å². The van der Waals surface area contributed by atoms with Gasteiger partial charge in [-0.25, -0.2) is 0 Å². The number of nitrogens with zero attached hydrogens (tertiary/aromatic N) is 2. The van der Waals surface area contributed by atoms with Gasteiger partial charge in [0, 0.05) is 39.0 Å². The zero-order valence-electron chi connectivity index (χ0n) is 11.9. The summed E-state index contributed by atoms with van der Waals surface area (Å²) in [6, 6.07) is 0. The second-order valence-corrected chi connectivity index (χ2v) is 5.74. The van der Waals surface area contributed by atoms with Crippen LogP contribution in [0.4, 0.5) is 0 Å². The minimum atomic E-state index is 0.340. The highest BCUT2D eigenvalue weighted by Gasteiger charge is 2.19. The highest BCUT2D eigenvalue weighted by atomic mass is 16.2. The van der Waals surface area contributed by atoms with E-state index in [2.05, 4.69) is 0 Å². The fourth-order valence-corrected chi connectivity index (χ4v) is 3.02. The van der Waals surface area contributed by atoms with Gasteiger partial charge in [-0.15, -0.1) is 0 Å². The summed E-state index contributed by atoms with van der Waals surface area (Å²) in [7, 11) is 0. The number of hydrogen-bond acceptors (Lipinski definition) is 2. The number of unbranched alkanes of at least 4 members (excludes halogenated alkanes) is 4. The molecule has 108 valence electrons. The van der Waals surface area contributed by atoms with E-state index in [9.17, 15) is 9.59 Å². The van der Waals surface area contributed by atoms with Gasteiger partial charge >= 0.3 is 0 Å². The highest BCUT2D eigenvalue weighted by molar-refractivity contribution is 5.78. The van der Waals surface area contributed by atoms with Crippen molar-refractivity contribution in [1.29, 1.82) is 0 Å². The van der Waals surface area contributed by atoms with Crippen molar-refractivity contribution < 1.29 is 9.59 Å². The van der Waals surface area contributed by atoms with Crippen LogP contribution in [-0.4, -0.2) is 47.8 Å². The van der Waals surface area contributed by atoms with Crippen molar-refractivity contribution in [1.82, 2.24) is 9.80 Å². The summed E-state index contributed by atoms with van der Waals surface area (Å²) in [5.41, 5.74) is 0. The Balaban J connectivity index is 1.42. The summed E-state index contributed by atoms with van der Waals surface area (Å²) in [5, 5.41) is 0. The third kappa shape index (κ3) is 4.51. The van der Waals surface area contributed by atoms with E-state index >= 15 is 0 Å². The second kappa shape index (κ2) is 7.51.